The van der Waals surface area contributed by atoms with Gasteiger partial charge in [-0.2, -0.15) is 0 Å². The van der Waals surface area contributed by atoms with E-state index in [2.05, 4.69) is 0 Å². The molecule has 0 spiro atoms. The van der Waals surface area contributed by atoms with Crippen molar-refractivity contribution in [3.63, 3.8) is 0 Å². The number of hydrogen-bond acceptors (Lipinski definition) is 3. The highest BCUT2D eigenvalue weighted by Crippen LogP contribution is 2.33. The summed E-state index contributed by atoms with van der Waals surface area (Å²) >= 11 is 12.5. The first-order valence-electron chi connectivity index (χ1n) is 6.66. The summed E-state index contributed by atoms with van der Waals surface area (Å²) in [7, 11) is 3.16. The molecule has 2 atom stereocenters. The quantitative estimate of drug-likeness (QED) is 0.725. The highest BCUT2D eigenvalue weighted by atomic mass is 35.5. The standard InChI is InChI=1S/C17H16Cl2O3/c1-21-13-7-3-11(4-8-13)15(18)17(20)16(19)12-5-9-14(22-2)10-6-12/h3-10,15-16H,1-2H3. The Morgan fingerprint density at radius 1 is 0.773 bits per heavy atom. The average Bonchev–Trinajstić information content (AvgIpc) is 2.60. The van der Waals surface area contributed by atoms with Crippen LogP contribution in [0.25, 0.3) is 0 Å². The second kappa shape index (κ2) is 7.52. The number of carbonyl (C=O) groups is 1. The van der Waals surface area contributed by atoms with E-state index in [0.29, 0.717) is 22.6 Å². The fourth-order valence-corrected chi connectivity index (χ4v) is 2.61. The van der Waals surface area contributed by atoms with Crippen molar-refractivity contribution >= 4 is 29.0 Å². The number of Topliss-reactive ketones (excluding diaryl/α,β-unsaturated/α-hetero) is 1. The van der Waals surface area contributed by atoms with Gasteiger partial charge in [-0.05, 0) is 35.4 Å². The topological polar surface area (TPSA) is 35.5 Å². The largest absolute Gasteiger partial charge is 0.497 e. The zero-order chi connectivity index (χ0) is 16.1. The fourth-order valence-electron chi connectivity index (χ4n) is 2.00. The third-order valence-electron chi connectivity index (χ3n) is 3.32. The summed E-state index contributed by atoms with van der Waals surface area (Å²) in [4.78, 5) is 12.4. The van der Waals surface area contributed by atoms with E-state index in [1.54, 1.807) is 62.8 Å². The van der Waals surface area contributed by atoms with E-state index in [0.717, 1.165) is 0 Å². The van der Waals surface area contributed by atoms with Crippen LogP contribution in [0.2, 0.25) is 0 Å². The van der Waals surface area contributed by atoms with Gasteiger partial charge in [0.1, 0.15) is 22.3 Å². The molecule has 0 fully saturated rings. The van der Waals surface area contributed by atoms with Crippen LogP contribution in [0.5, 0.6) is 11.5 Å². The summed E-state index contributed by atoms with van der Waals surface area (Å²) < 4.78 is 10.2. The molecular formula is C17H16Cl2O3. The Balaban J connectivity index is 2.13. The highest BCUT2D eigenvalue weighted by Gasteiger charge is 2.26. The molecule has 0 aromatic heterocycles. The van der Waals surface area contributed by atoms with Gasteiger partial charge in [-0.15, -0.1) is 23.2 Å². The van der Waals surface area contributed by atoms with E-state index in [-0.39, 0.29) is 5.78 Å². The van der Waals surface area contributed by atoms with E-state index in [9.17, 15) is 4.79 Å². The lowest BCUT2D eigenvalue weighted by Crippen LogP contribution is -2.13. The van der Waals surface area contributed by atoms with Crippen LogP contribution in [-0.4, -0.2) is 20.0 Å². The van der Waals surface area contributed by atoms with Crippen molar-refractivity contribution in [2.45, 2.75) is 10.8 Å². The molecular weight excluding hydrogens is 323 g/mol. The van der Waals surface area contributed by atoms with E-state index in [1.165, 1.54) is 0 Å². The van der Waals surface area contributed by atoms with Gasteiger partial charge in [0.05, 0.1) is 14.2 Å². The molecule has 2 rings (SSSR count). The van der Waals surface area contributed by atoms with Crippen molar-refractivity contribution in [1.82, 2.24) is 0 Å². The van der Waals surface area contributed by atoms with Gasteiger partial charge in [0.25, 0.3) is 0 Å². The van der Waals surface area contributed by atoms with Crippen molar-refractivity contribution in [1.29, 1.82) is 0 Å². The van der Waals surface area contributed by atoms with E-state index >= 15 is 0 Å². The number of halogens is 2. The molecule has 5 heteroatoms. The lowest BCUT2D eigenvalue weighted by Gasteiger charge is -2.14. The van der Waals surface area contributed by atoms with Crippen molar-refractivity contribution in [2.24, 2.45) is 0 Å². The maximum atomic E-state index is 12.4. The van der Waals surface area contributed by atoms with Crippen LogP contribution in [0, 0.1) is 0 Å². The Hall–Kier alpha value is -1.71. The molecule has 0 aliphatic rings. The summed E-state index contributed by atoms with van der Waals surface area (Å²) in [5.41, 5.74) is 1.37. The molecule has 22 heavy (non-hydrogen) atoms. The normalized spacial score (nSPS) is 13.3. The zero-order valence-electron chi connectivity index (χ0n) is 12.3. The summed E-state index contributed by atoms with van der Waals surface area (Å²) in [6, 6.07) is 14.1. The molecule has 0 amide bonds. The van der Waals surface area contributed by atoms with Crippen LogP contribution in [0.1, 0.15) is 21.9 Å². The van der Waals surface area contributed by atoms with Crippen molar-refractivity contribution < 1.29 is 14.3 Å². The van der Waals surface area contributed by atoms with Crippen molar-refractivity contribution in [3.05, 3.63) is 59.7 Å². The molecule has 116 valence electrons. The summed E-state index contributed by atoms with van der Waals surface area (Å²) in [5.74, 6) is 1.15. The van der Waals surface area contributed by atoms with Gasteiger partial charge in [-0.1, -0.05) is 24.3 Å². The molecule has 2 aromatic rings. The van der Waals surface area contributed by atoms with E-state index < -0.39 is 10.8 Å². The Morgan fingerprint density at radius 2 is 1.09 bits per heavy atom. The smallest absolute Gasteiger partial charge is 0.177 e. The maximum Gasteiger partial charge on any atom is 0.177 e. The molecule has 0 aliphatic carbocycles. The van der Waals surface area contributed by atoms with Crippen molar-refractivity contribution in [2.75, 3.05) is 14.2 Å². The van der Waals surface area contributed by atoms with E-state index in [1.807, 2.05) is 0 Å². The molecule has 0 heterocycles. The van der Waals surface area contributed by atoms with Crippen LogP contribution in [-0.2, 0) is 4.79 Å². The average molecular weight is 339 g/mol. The predicted octanol–water partition coefficient (Wildman–Crippen LogP) is 4.53. The van der Waals surface area contributed by atoms with Gasteiger partial charge >= 0.3 is 0 Å². The van der Waals surface area contributed by atoms with Gasteiger partial charge in [0.15, 0.2) is 5.78 Å². The summed E-state index contributed by atoms with van der Waals surface area (Å²) in [5, 5.41) is -1.62. The number of ketones is 1. The molecule has 0 aliphatic heterocycles. The number of ether oxygens (including phenoxy) is 2. The first-order valence-corrected chi connectivity index (χ1v) is 7.54. The number of rotatable bonds is 6. The molecule has 2 aromatic carbocycles. The van der Waals surface area contributed by atoms with Crippen LogP contribution in [0.4, 0.5) is 0 Å². The van der Waals surface area contributed by atoms with Gasteiger partial charge in [-0.3, -0.25) is 4.79 Å². The number of alkyl halides is 2. The Morgan fingerprint density at radius 3 is 1.36 bits per heavy atom. The zero-order valence-corrected chi connectivity index (χ0v) is 13.8. The number of hydrogen-bond donors (Lipinski definition) is 0. The molecule has 3 nitrogen and oxygen atoms in total. The SMILES string of the molecule is COc1ccc(C(Cl)C(=O)C(Cl)c2ccc(OC)cc2)cc1. The second-order valence-corrected chi connectivity index (χ2v) is 5.55. The minimum absolute atomic E-state index is 0.265. The predicted molar refractivity (Wildman–Crippen MR) is 88.2 cm³/mol. The molecule has 0 bridgehead atoms. The maximum absolute atomic E-state index is 12.4. The minimum Gasteiger partial charge on any atom is -0.497 e. The Bertz CT molecular complexity index is 568. The lowest BCUT2D eigenvalue weighted by atomic mass is 10.0. The van der Waals surface area contributed by atoms with Crippen LogP contribution in [0.3, 0.4) is 0 Å². The van der Waals surface area contributed by atoms with Gasteiger partial charge in [-0.25, -0.2) is 0 Å². The molecule has 0 radical (unpaired) electrons. The third kappa shape index (κ3) is 3.73. The van der Waals surface area contributed by atoms with Crippen LogP contribution < -0.4 is 9.47 Å². The first kappa shape index (κ1) is 16.7. The number of methoxy groups -OCH3 is 2. The molecule has 0 saturated carbocycles. The summed E-state index contributed by atoms with van der Waals surface area (Å²) in [6.45, 7) is 0. The Kier molecular flexibility index (Phi) is 5.69. The van der Waals surface area contributed by atoms with Gasteiger partial charge in [0.2, 0.25) is 0 Å². The number of benzene rings is 2. The Labute approximate surface area is 139 Å². The monoisotopic (exact) mass is 338 g/mol. The highest BCUT2D eigenvalue weighted by molar-refractivity contribution is 6.40. The van der Waals surface area contributed by atoms with Crippen molar-refractivity contribution in [3.8, 4) is 11.5 Å². The minimum atomic E-state index is -0.810. The van der Waals surface area contributed by atoms with Crippen LogP contribution >= 0.6 is 23.2 Å². The molecule has 2 unspecified atom stereocenters. The molecule has 0 saturated heterocycles. The van der Waals surface area contributed by atoms with E-state index in [4.69, 9.17) is 32.7 Å². The van der Waals surface area contributed by atoms with Gasteiger partial charge < -0.3 is 9.47 Å². The molecule has 0 N–H and O–H groups in total. The first-order chi connectivity index (χ1) is 10.6. The van der Waals surface area contributed by atoms with Gasteiger partial charge in [0, 0.05) is 0 Å². The lowest BCUT2D eigenvalue weighted by molar-refractivity contribution is -0.118. The van der Waals surface area contributed by atoms with Crippen LogP contribution in [0.15, 0.2) is 48.5 Å². The number of carbonyl (C=O) groups excluding carboxylic acids is 1. The third-order valence-corrected chi connectivity index (χ3v) is 4.25. The second-order valence-electron chi connectivity index (χ2n) is 4.67. The fraction of sp³-hybridized carbons (Fsp3) is 0.235. The summed E-state index contributed by atoms with van der Waals surface area (Å²) in [6.07, 6.45) is 0.